The molecule has 1 fully saturated rings. The summed E-state index contributed by atoms with van der Waals surface area (Å²) in [5, 5.41) is 2.76. The Morgan fingerprint density at radius 2 is 1.96 bits per heavy atom. The first kappa shape index (κ1) is 19.1. The van der Waals surface area contributed by atoms with E-state index in [4.69, 9.17) is 4.74 Å². The van der Waals surface area contributed by atoms with Gasteiger partial charge in [0, 0.05) is 45.5 Å². The van der Waals surface area contributed by atoms with Crippen molar-refractivity contribution in [3.05, 3.63) is 12.2 Å². The van der Waals surface area contributed by atoms with Gasteiger partial charge in [-0.05, 0) is 26.8 Å². The zero-order valence-corrected chi connectivity index (χ0v) is 15.0. The number of nitrogens with zero attached hydrogens (tertiary/aromatic N) is 3. The molecule has 0 aromatic heterocycles. The Labute approximate surface area is 147 Å². The predicted octanol–water partition coefficient (Wildman–Crippen LogP) is 0.439. The summed E-state index contributed by atoms with van der Waals surface area (Å²) in [4.78, 5) is 43.0. The number of rotatable bonds is 4. The highest BCUT2D eigenvalue weighted by atomic mass is 16.6. The first-order chi connectivity index (χ1) is 11.8. The zero-order chi connectivity index (χ0) is 18.4. The van der Waals surface area contributed by atoms with Crippen molar-refractivity contribution in [1.82, 2.24) is 15.1 Å². The number of hydrogen-bond acceptors (Lipinski definition) is 5. The van der Waals surface area contributed by atoms with Crippen LogP contribution < -0.4 is 5.32 Å². The molecular weight excluding hydrogens is 324 g/mol. The summed E-state index contributed by atoms with van der Waals surface area (Å²) in [7, 11) is 0. The molecule has 0 radical (unpaired) electrons. The van der Waals surface area contributed by atoms with Gasteiger partial charge in [-0.3, -0.25) is 14.5 Å². The Bertz CT molecular complexity index is 572. The third-order valence-electron chi connectivity index (χ3n) is 3.89. The lowest BCUT2D eigenvalue weighted by Crippen LogP contribution is -2.51. The van der Waals surface area contributed by atoms with E-state index >= 15 is 0 Å². The number of nitrogens with one attached hydrogen (secondary N) is 1. The van der Waals surface area contributed by atoms with E-state index in [0.717, 1.165) is 13.1 Å². The second-order valence-corrected chi connectivity index (χ2v) is 7.08. The molecule has 2 aliphatic heterocycles. The van der Waals surface area contributed by atoms with Crippen LogP contribution in [0.5, 0.6) is 0 Å². The van der Waals surface area contributed by atoms with Gasteiger partial charge in [-0.2, -0.15) is 0 Å². The SMILES string of the molecule is CC(C)(C)OC(=O)N1CCN(CCNC(=O)C2C=CC=NC2=O)CC1. The number of piperazine rings is 1. The normalized spacial score (nSPS) is 21.3. The van der Waals surface area contributed by atoms with Gasteiger partial charge in [-0.25, -0.2) is 9.79 Å². The lowest BCUT2D eigenvalue weighted by Gasteiger charge is -2.35. The smallest absolute Gasteiger partial charge is 0.410 e. The van der Waals surface area contributed by atoms with Crippen LogP contribution in [0, 0.1) is 5.92 Å². The number of amides is 3. The standard InChI is InChI=1S/C17H26N4O4/c1-17(2,3)25-16(24)21-11-9-20(10-12-21)8-7-19-15(23)13-5-4-6-18-14(13)22/h4-6,13H,7-12H2,1-3H3,(H,19,23). The van der Waals surface area contributed by atoms with E-state index in [1.807, 2.05) is 20.8 Å². The van der Waals surface area contributed by atoms with Gasteiger partial charge in [0.2, 0.25) is 5.91 Å². The second kappa shape index (κ2) is 8.24. The molecule has 0 aromatic rings. The maximum absolute atomic E-state index is 12.0. The van der Waals surface area contributed by atoms with Gasteiger partial charge in [0.25, 0.3) is 5.91 Å². The molecule has 0 aromatic carbocycles. The highest BCUT2D eigenvalue weighted by molar-refractivity contribution is 6.07. The lowest BCUT2D eigenvalue weighted by molar-refractivity contribution is -0.131. The number of allylic oxidation sites excluding steroid dienone is 1. The first-order valence-corrected chi connectivity index (χ1v) is 8.49. The molecule has 0 bridgehead atoms. The maximum Gasteiger partial charge on any atom is 0.410 e. The number of hydrogen-bond donors (Lipinski definition) is 1. The molecule has 2 aliphatic rings. The van der Waals surface area contributed by atoms with Crippen LogP contribution in [0.3, 0.4) is 0 Å². The van der Waals surface area contributed by atoms with E-state index in [1.54, 1.807) is 17.1 Å². The van der Waals surface area contributed by atoms with Crippen molar-refractivity contribution in [3.8, 4) is 0 Å². The molecule has 3 amide bonds. The molecule has 8 heteroatoms. The fourth-order valence-electron chi connectivity index (χ4n) is 2.57. The summed E-state index contributed by atoms with van der Waals surface area (Å²) in [5.41, 5.74) is -0.493. The van der Waals surface area contributed by atoms with Crippen LogP contribution in [-0.4, -0.2) is 78.8 Å². The van der Waals surface area contributed by atoms with Crippen LogP contribution in [0.2, 0.25) is 0 Å². The Morgan fingerprint density at radius 1 is 1.28 bits per heavy atom. The van der Waals surface area contributed by atoms with Gasteiger partial charge in [0.15, 0.2) is 0 Å². The van der Waals surface area contributed by atoms with Gasteiger partial charge in [0.1, 0.15) is 11.5 Å². The van der Waals surface area contributed by atoms with E-state index in [0.29, 0.717) is 26.2 Å². The van der Waals surface area contributed by atoms with Crippen LogP contribution in [0.15, 0.2) is 17.1 Å². The first-order valence-electron chi connectivity index (χ1n) is 8.49. The van der Waals surface area contributed by atoms with Crippen molar-refractivity contribution in [1.29, 1.82) is 0 Å². The minimum atomic E-state index is -0.825. The van der Waals surface area contributed by atoms with E-state index in [1.165, 1.54) is 6.21 Å². The molecule has 1 saturated heterocycles. The molecule has 0 saturated carbocycles. The Kier molecular flexibility index (Phi) is 6.30. The Balaban J connectivity index is 1.66. The summed E-state index contributed by atoms with van der Waals surface area (Å²) in [6.07, 6.45) is 4.24. The zero-order valence-electron chi connectivity index (χ0n) is 15.0. The molecule has 25 heavy (non-hydrogen) atoms. The molecule has 1 N–H and O–H groups in total. The van der Waals surface area contributed by atoms with E-state index in [-0.39, 0.29) is 12.0 Å². The summed E-state index contributed by atoms with van der Waals surface area (Å²) in [5.74, 6) is -1.59. The van der Waals surface area contributed by atoms with Crippen molar-refractivity contribution < 1.29 is 19.1 Å². The van der Waals surface area contributed by atoms with Crippen LogP contribution in [0.4, 0.5) is 4.79 Å². The van der Waals surface area contributed by atoms with Gasteiger partial charge >= 0.3 is 6.09 Å². The van der Waals surface area contributed by atoms with Crippen LogP contribution in [-0.2, 0) is 14.3 Å². The molecule has 1 atom stereocenters. The maximum atomic E-state index is 12.0. The number of dihydropyridines is 1. The van der Waals surface area contributed by atoms with Crippen molar-refractivity contribution in [2.45, 2.75) is 26.4 Å². The average Bonchev–Trinajstić information content (AvgIpc) is 2.54. The van der Waals surface area contributed by atoms with Crippen LogP contribution in [0.1, 0.15) is 20.8 Å². The van der Waals surface area contributed by atoms with Crippen molar-refractivity contribution >= 4 is 24.1 Å². The third-order valence-corrected chi connectivity index (χ3v) is 3.89. The van der Waals surface area contributed by atoms with Gasteiger partial charge < -0.3 is 15.0 Å². The fraction of sp³-hybridized carbons (Fsp3) is 0.647. The lowest BCUT2D eigenvalue weighted by atomic mass is 10.1. The van der Waals surface area contributed by atoms with Gasteiger partial charge in [-0.1, -0.05) is 6.08 Å². The highest BCUT2D eigenvalue weighted by Gasteiger charge is 2.27. The Hall–Kier alpha value is -2.22. The quantitative estimate of drug-likeness (QED) is 0.743. The van der Waals surface area contributed by atoms with Crippen molar-refractivity contribution in [3.63, 3.8) is 0 Å². The average molecular weight is 350 g/mol. The number of ether oxygens (including phenoxy) is 1. The van der Waals surface area contributed by atoms with Crippen LogP contribution >= 0.6 is 0 Å². The van der Waals surface area contributed by atoms with Gasteiger partial charge in [0.05, 0.1) is 0 Å². The summed E-state index contributed by atoms with van der Waals surface area (Å²) in [6.45, 7) is 9.31. The molecule has 2 heterocycles. The molecule has 138 valence electrons. The largest absolute Gasteiger partial charge is 0.444 e. The molecule has 8 nitrogen and oxygen atoms in total. The molecule has 2 rings (SSSR count). The van der Waals surface area contributed by atoms with E-state index in [2.05, 4.69) is 15.2 Å². The molecular formula is C17H26N4O4. The minimum absolute atomic E-state index is 0.288. The number of carbonyl (C=O) groups excluding carboxylic acids is 3. The Morgan fingerprint density at radius 3 is 2.56 bits per heavy atom. The van der Waals surface area contributed by atoms with E-state index in [9.17, 15) is 14.4 Å². The predicted molar refractivity (Wildman–Crippen MR) is 93.4 cm³/mol. The summed E-state index contributed by atoms with van der Waals surface area (Å²) in [6, 6.07) is 0. The monoisotopic (exact) mass is 350 g/mol. The van der Waals surface area contributed by atoms with Gasteiger partial charge in [-0.15, -0.1) is 0 Å². The molecule has 0 aliphatic carbocycles. The second-order valence-electron chi connectivity index (χ2n) is 7.08. The van der Waals surface area contributed by atoms with E-state index < -0.39 is 17.4 Å². The number of carbonyl (C=O) groups is 3. The van der Waals surface area contributed by atoms with Crippen LogP contribution in [0.25, 0.3) is 0 Å². The number of aliphatic imine (C=N–C) groups is 1. The van der Waals surface area contributed by atoms with Crippen molar-refractivity contribution in [2.75, 3.05) is 39.3 Å². The van der Waals surface area contributed by atoms with Crippen molar-refractivity contribution in [2.24, 2.45) is 10.9 Å². The third kappa shape index (κ3) is 5.97. The molecule has 0 spiro atoms. The minimum Gasteiger partial charge on any atom is -0.444 e. The fourth-order valence-corrected chi connectivity index (χ4v) is 2.57. The summed E-state index contributed by atoms with van der Waals surface area (Å²) < 4.78 is 5.36. The molecule has 1 unspecified atom stereocenters. The topological polar surface area (TPSA) is 91.3 Å². The summed E-state index contributed by atoms with van der Waals surface area (Å²) >= 11 is 0. The highest BCUT2D eigenvalue weighted by Crippen LogP contribution is 2.11.